The van der Waals surface area contributed by atoms with E-state index in [0.717, 1.165) is 52.6 Å². The Bertz CT molecular complexity index is 790. The molecule has 2 fully saturated rings. The molecule has 2 aromatic carbocycles. The van der Waals surface area contributed by atoms with E-state index in [-0.39, 0.29) is 5.69 Å². The molecule has 1 saturated heterocycles. The van der Waals surface area contributed by atoms with E-state index in [1.165, 1.54) is 31.7 Å². The van der Waals surface area contributed by atoms with Crippen molar-refractivity contribution in [2.45, 2.75) is 43.2 Å². The van der Waals surface area contributed by atoms with E-state index in [4.69, 9.17) is 5.73 Å². The SMILES string of the molecule is Nc1cc(C(F)(F)F)ccc1N1CCC2CCCCC2C1.Sc1ccc(Br)cc1. The number of nitrogens with zero attached hydrogens (tertiary/aromatic N) is 1. The quantitative estimate of drug-likeness (QED) is 0.334. The number of halogens is 4. The minimum Gasteiger partial charge on any atom is -0.397 e. The number of anilines is 2. The van der Waals surface area contributed by atoms with Gasteiger partial charge in [0.05, 0.1) is 16.9 Å². The molecule has 158 valence electrons. The highest BCUT2D eigenvalue weighted by Gasteiger charge is 2.33. The van der Waals surface area contributed by atoms with Crippen LogP contribution in [0.1, 0.15) is 37.7 Å². The highest BCUT2D eigenvalue weighted by atomic mass is 79.9. The summed E-state index contributed by atoms with van der Waals surface area (Å²) in [5.74, 6) is 1.47. The third-order valence-electron chi connectivity index (χ3n) is 5.81. The number of nitrogen functional groups attached to an aromatic ring is 1. The minimum atomic E-state index is -4.33. The van der Waals surface area contributed by atoms with Crippen molar-refractivity contribution in [3.05, 3.63) is 52.5 Å². The van der Waals surface area contributed by atoms with Gasteiger partial charge in [-0.3, -0.25) is 0 Å². The van der Waals surface area contributed by atoms with Crippen molar-refractivity contribution in [3.8, 4) is 0 Å². The highest BCUT2D eigenvalue weighted by molar-refractivity contribution is 9.10. The Morgan fingerprint density at radius 3 is 2.21 bits per heavy atom. The van der Waals surface area contributed by atoms with Gasteiger partial charge in [-0.1, -0.05) is 35.2 Å². The highest BCUT2D eigenvalue weighted by Crippen LogP contribution is 2.40. The average Bonchev–Trinajstić information content (AvgIpc) is 2.69. The van der Waals surface area contributed by atoms with E-state index < -0.39 is 11.7 Å². The molecule has 2 aromatic rings. The second-order valence-corrected chi connectivity index (χ2v) is 9.22. The second kappa shape index (κ2) is 9.65. The van der Waals surface area contributed by atoms with Crippen molar-refractivity contribution >= 4 is 39.9 Å². The summed E-state index contributed by atoms with van der Waals surface area (Å²) in [5.41, 5.74) is 6.20. The Morgan fingerprint density at radius 1 is 0.966 bits per heavy atom. The van der Waals surface area contributed by atoms with E-state index >= 15 is 0 Å². The number of piperidine rings is 1. The lowest BCUT2D eigenvalue weighted by molar-refractivity contribution is -0.137. The van der Waals surface area contributed by atoms with Crippen molar-refractivity contribution in [1.82, 2.24) is 0 Å². The zero-order valence-corrected chi connectivity index (χ0v) is 18.6. The topological polar surface area (TPSA) is 29.3 Å². The molecule has 2 N–H and O–H groups in total. The normalized spacial score (nSPS) is 21.8. The van der Waals surface area contributed by atoms with Gasteiger partial charge >= 0.3 is 6.18 Å². The fraction of sp³-hybridized carbons (Fsp3) is 0.455. The number of thiol groups is 1. The van der Waals surface area contributed by atoms with Crippen LogP contribution in [0.5, 0.6) is 0 Å². The first kappa shape index (κ1) is 22.3. The van der Waals surface area contributed by atoms with E-state index in [1.54, 1.807) is 0 Å². The Kier molecular flexibility index (Phi) is 7.43. The van der Waals surface area contributed by atoms with E-state index in [2.05, 4.69) is 33.5 Å². The van der Waals surface area contributed by atoms with Gasteiger partial charge in [0, 0.05) is 22.5 Å². The molecule has 2 atom stereocenters. The Hall–Kier alpha value is -1.34. The van der Waals surface area contributed by atoms with Crippen LogP contribution in [-0.2, 0) is 6.18 Å². The number of fused-ring (bicyclic) bond motifs is 1. The maximum absolute atomic E-state index is 12.7. The summed E-state index contributed by atoms with van der Waals surface area (Å²) < 4.78 is 39.2. The van der Waals surface area contributed by atoms with Gasteiger partial charge in [-0.05, 0) is 67.1 Å². The molecule has 0 aromatic heterocycles. The first-order chi connectivity index (χ1) is 13.7. The predicted octanol–water partition coefficient (Wildman–Crippen LogP) is 7.04. The van der Waals surface area contributed by atoms with Gasteiger partial charge < -0.3 is 10.6 Å². The third-order valence-corrected chi connectivity index (χ3v) is 6.64. The molecule has 0 bridgehead atoms. The molecule has 29 heavy (non-hydrogen) atoms. The molecule has 1 saturated carbocycles. The van der Waals surface area contributed by atoms with Crippen molar-refractivity contribution in [1.29, 1.82) is 0 Å². The van der Waals surface area contributed by atoms with Gasteiger partial charge in [0.2, 0.25) is 0 Å². The zero-order chi connectivity index (χ0) is 21.0. The van der Waals surface area contributed by atoms with Crippen LogP contribution in [0.3, 0.4) is 0 Å². The summed E-state index contributed by atoms with van der Waals surface area (Å²) in [6.45, 7) is 1.83. The van der Waals surface area contributed by atoms with Crippen molar-refractivity contribution in [2.24, 2.45) is 11.8 Å². The third kappa shape index (κ3) is 6.07. The van der Waals surface area contributed by atoms with Crippen LogP contribution in [0, 0.1) is 11.8 Å². The van der Waals surface area contributed by atoms with E-state index in [9.17, 15) is 13.2 Å². The zero-order valence-electron chi connectivity index (χ0n) is 16.1. The average molecular weight is 487 g/mol. The lowest BCUT2D eigenvalue weighted by Crippen LogP contribution is -2.42. The summed E-state index contributed by atoms with van der Waals surface area (Å²) in [6.07, 6.45) is 1.94. The standard InChI is InChI=1S/C16H21F3N2.C6H5BrS/c17-16(18,19)13-5-6-15(14(20)9-13)21-8-7-11-3-1-2-4-12(11)10-21;7-5-1-3-6(8)4-2-5/h5-6,9,11-12H,1-4,7-8,10,20H2;1-4,8H. The molecule has 1 aliphatic carbocycles. The molecular weight excluding hydrogens is 461 g/mol. The summed E-state index contributed by atoms with van der Waals surface area (Å²) in [4.78, 5) is 3.16. The monoisotopic (exact) mass is 486 g/mol. The van der Waals surface area contributed by atoms with Crippen molar-refractivity contribution < 1.29 is 13.2 Å². The Balaban J connectivity index is 0.000000252. The van der Waals surface area contributed by atoms with E-state index in [0.29, 0.717) is 5.92 Å². The number of hydrogen-bond donors (Lipinski definition) is 2. The van der Waals surface area contributed by atoms with Crippen LogP contribution in [0.25, 0.3) is 0 Å². The van der Waals surface area contributed by atoms with Gasteiger partial charge in [-0.25, -0.2) is 0 Å². The summed E-state index contributed by atoms with van der Waals surface area (Å²) in [7, 11) is 0. The lowest BCUT2D eigenvalue weighted by Gasteiger charge is -2.42. The Morgan fingerprint density at radius 2 is 1.62 bits per heavy atom. The van der Waals surface area contributed by atoms with Gasteiger partial charge in [0.15, 0.2) is 0 Å². The summed E-state index contributed by atoms with van der Waals surface area (Å²) >= 11 is 7.42. The lowest BCUT2D eigenvalue weighted by atomic mass is 9.75. The van der Waals surface area contributed by atoms with Gasteiger partial charge in [0.25, 0.3) is 0 Å². The number of benzene rings is 2. The van der Waals surface area contributed by atoms with Crippen LogP contribution in [0.4, 0.5) is 24.5 Å². The number of hydrogen-bond acceptors (Lipinski definition) is 3. The first-order valence-corrected chi connectivity index (χ1v) is 11.1. The van der Waals surface area contributed by atoms with Gasteiger partial charge in [-0.15, -0.1) is 12.6 Å². The van der Waals surface area contributed by atoms with E-state index in [1.807, 2.05) is 24.3 Å². The molecule has 0 spiro atoms. The van der Waals surface area contributed by atoms with Crippen molar-refractivity contribution in [2.75, 3.05) is 23.7 Å². The molecule has 7 heteroatoms. The smallest absolute Gasteiger partial charge is 0.397 e. The molecular formula is C22H26BrF3N2S. The molecule has 0 radical (unpaired) electrons. The minimum absolute atomic E-state index is 0.235. The molecule has 2 nitrogen and oxygen atoms in total. The van der Waals surface area contributed by atoms with Gasteiger partial charge in [0.1, 0.15) is 0 Å². The van der Waals surface area contributed by atoms with Gasteiger partial charge in [-0.2, -0.15) is 13.2 Å². The maximum atomic E-state index is 12.7. The fourth-order valence-electron chi connectivity index (χ4n) is 4.28. The molecule has 2 aliphatic rings. The molecule has 1 heterocycles. The number of nitrogens with two attached hydrogens (primary N) is 1. The van der Waals surface area contributed by atoms with Crippen LogP contribution >= 0.6 is 28.6 Å². The molecule has 4 rings (SSSR count). The van der Waals surface area contributed by atoms with Crippen LogP contribution in [-0.4, -0.2) is 13.1 Å². The van der Waals surface area contributed by atoms with Crippen LogP contribution < -0.4 is 10.6 Å². The molecule has 2 unspecified atom stereocenters. The van der Waals surface area contributed by atoms with Crippen LogP contribution in [0.2, 0.25) is 0 Å². The number of alkyl halides is 3. The largest absolute Gasteiger partial charge is 0.416 e. The molecule has 1 aliphatic heterocycles. The predicted molar refractivity (Wildman–Crippen MR) is 120 cm³/mol. The fourth-order valence-corrected chi connectivity index (χ4v) is 4.69. The van der Waals surface area contributed by atoms with Crippen LogP contribution in [0.15, 0.2) is 51.8 Å². The number of rotatable bonds is 1. The molecule has 0 amide bonds. The summed E-state index contributed by atoms with van der Waals surface area (Å²) in [5, 5.41) is 0. The Labute approximate surface area is 184 Å². The summed E-state index contributed by atoms with van der Waals surface area (Å²) in [6, 6.07) is 11.5. The van der Waals surface area contributed by atoms with Crippen molar-refractivity contribution in [3.63, 3.8) is 0 Å². The first-order valence-electron chi connectivity index (χ1n) is 9.90. The maximum Gasteiger partial charge on any atom is 0.416 e. The second-order valence-electron chi connectivity index (χ2n) is 7.79.